The SMILES string of the molecule is CCOC(=O)Cn1cc(NC(=O)c2cc(Cl)ccc2Cl)nn1. The van der Waals surface area contributed by atoms with Gasteiger partial charge in [-0.3, -0.25) is 9.59 Å². The average molecular weight is 343 g/mol. The van der Waals surface area contributed by atoms with Crippen molar-refractivity contribution in [2.75, 3.05) is 11.9 Å². The second-order valence-electron chi connectivity index (χ2n) is 4.18. The molecule has 0 fully saturated rings. The molecule has 9 heteroatoms. The third-order valence-corrected chi connectivity index (χ3v) is 3.11. The molecule has 0 bridgehead atoms. The van der Waals surface area contributed by atoms with Gasteiger partial charge in [-0.15, -0.1) is 5.10 Å². The molecule has 2 aromatic rings. The van der Waals surface area contributed by atoms with E-state index in [9.17, 15) is 9.59 Å². The van der Waals surface area contributed by atoms with Crippen LogP contribution in [0.1, 0.15) is 17.3 Å². The second kappa shape index (κ2) is 7.24. The number of aromatic nitrogens is 3. The molecule has 7 nitrogen and oxygen atoms in total. The van der Waals surface area contributed by atoms with Crippen LogP contribution in [-0.2, 0) is 16.1 Å². The lowest BCUT2D eigenvalue weighted by Gasteiger charge is -2.04. The van der Waals surface area contributed by atoms with Crippen LogP contribution in [0.4, 0.5) is 5.82 Å². The summed E-state index contributed by atoms with van der Waals surface area (Å²) in [7, 11) is 0. The summed E-state index contributed by atoms with van der Waals surface area (Å²) in [4.78, 5) is 23.4. The molecule has 0 atom stereocenters. The topological polar surface area (TPSA) is 86.1 Å². The van der Waals surface area contributed by atoms with Gasteiger partial charge in [0, 0.05) is 5.02 Å². The standard InChI is InChI=1S/C13H12Cl2N4O3/c1-2-22-12(20)7-19-6-11(17-18-19)16-13(21)9-5-8(14)3-4-10(9)15/h3-6H,2,7H2,1H3,(H,16,21). The van der Waals surface area contributed by atoms with Crippen LogP contribution in [-0.4, -0.2) is 33.5 Å². The van der Waals surface area contributed by atoms with E-state index < -0.39 is 11.9 Å². The van der Waals surface area contributed by atoms with Gasteiger partial charge in [-0.25, -0.2) is 4.68 Å². The van der Waals surface area contributed by atoms with E-state index in [4.69, 9.17) is 27.9 Å². The molecule has 0 spiro atoms. The maximum Gasteiger partial charge on any atom is 0.327 e. The lowest BCUT2D eigenvalue weighted by molar-refractivity contribution is -0.144. The van der Waals surface area contributed by atoms with Crippen molar-refractivity contribution in [2.45, 2.75) is 13.5 Å². The quantitative estimate of drug-likeness (QED) is 0.843. The van der Waals surface area contributed by atoms with Gasteiger partial charge in [0.25, 0.3) is 5.91 Å². The summed E-state index contributed by atoms with van der Waals surface area (Å²) in [5.74, 6) is -0.732. The Labute approximate surface area is 136 Å². The van der Waals surface area contributed by atoms with E-state index in [2.05, 4.69) is 15.6 Å². The minimum atomic E-state index is -0.476. The molecule has 1 N–H and O–H groups in total. The van der Waals surface area contributed by atoms with Gasteiger partial charge in [-0.05, 0) is 25.1 Å². The van der Waals surface area contributed by atoms with E-state index in [0.717, 1.165) is 0 Å². The third-order valence-electron chi connectivity index (χ3n) is 2.55. The van der Waals surface area contributed by atoms with Gasteiger partial charge in [0.1, 0.15) is 6.54 Å². The lowest BCUT2D eigenvalue weighted by Crippen LogP contribution is -2.14. The predicted molar refractivity (Wildman–Crippen MR) is 81.1 cm³/mol. The second-order valence-corrected chi connectivity index (χ2v) is 5.03. The fourth-order valence-corrected chi connectivity index (χ4v) is 2.00. The molecule has 0 aliphatic rings. The molecule has 1 aromatic carbocycles. The minimum absolute atomic E-state index is 0.0887. The molecule has 2 rings (SSSR count). The van der Waals surface area contributed by atoms with E-state index in [1.807, 2.05) is 0 Å². The van der Waals surface area contributed by atoms with Gasteiger partial charge in [0.05, 0.1) is 23.4 Å². The normalized spacial score (nSPS) is 10.3. The largest absolute Gasteiger partial charge is 0.465 e. The Hall–Kier alpha value is -2.12. The fraction of sp³-hybridized carbons (Fsp3) is 0.231. The molecule has 116 valence electrons. The number of carbonyl (C=O) groups excluding carboxylic acids is 2. The van der Waals surface area contributed by atoms with Gasteiger partial charge in [-0.1, -0.05) is 28.4 Å². The number of anilines is 1. The number of benzene rings is 1. The van der Waals surface area contributed by atoms with Crippen LogP contribution in [0.25, 0.3) is 0 Å². The summed E-state index contributed by atoms with van der Waals surface area (Å²) >= 11 is 11.8. The Kier molecular flexibility index (Phi) is 5.35. The molecule has 0 saturated heterocycles. The van der Waals surface area contributed by atoms with Gasteiger partial charge in [0.15, 0.2) is 5.82 Å². The molecule has 0 radical (unpaired) electrons. The Bertz CT molecular complexity index is 702. The van der Waals surface area contributed by atoms with Gasteiger partial charge >= 0.3 is 5.97 Å². The van der Waals surface area contributed by atoms with E-state index in [-0.39, 0.29) is 29.6 Å². The number of nitrogens with zero attached hydrogens (tertiary/aromatic N) is 3. The van der Waals surface area contributed by atoms with Crippen LogP contribution in [0.15, 0.2) is 24.4 Å². The Morgan fingerprint density at radius 2 is 2.14 bits per heavy atom. The Morgan fingerprint density at radius 3 is 2.86 bits per heavy atom. The fourth-order valence-electron chi connectivity index (χ4n) is 1.63. The number of hydrogen-bond acceptors (Lipinski definition) is 5. The Balaban J connectivity index is 2.05. The van der Waals surface area contributed by atoms with Crippen LogP contribution in [0.5, 0.6) is 0 Å². The van der Waals surface area contributed by atoms with Crippen LogP contribution in [0.2, 0.25) is 10.0 Å². The molecule has 1 aromatic heterocycles. The summed E-state index contributed by atoms with van der Waals surface area (Å²) in [5, 5.41) is 10.6. The number of amides is 1. The number of carbonyl (C=O) groups is 2. The number of esters is 1. The molecule has 0 unspecified atom stereocenters. The molecule has 22 heavy (non-hydrogen) atoms. The van der Waals surface area contributed by atoms with E-state index in [1.54, 1.807) is 13.0 Å². The van der Waals surface area contributed by atoms with Crippen molar-refractivity contribution >= 4 is 40.9 Å². The van der Waals surface area contributed by atoms with Crippen molar-refractivity contribution < 1.29 is 14.3 Å². The molecular weight excluding hydrogens is 331 g/mol. The molecule has 1 heterocycles. The molecule has 0 saturated carbocycles. The number of rotatable bonds is 5. The number of nitrogens with one attached hydrogen (secondary N) is 1. The van der Waals surface area contributed by atoms with Crippen LogP contribution < -0.4 is 5.32 Å². The van der Waals surface area contributed by atoms with E-state index in [1.165, 1.54) is 23.0 Å². The first-order chi connectivity index (χ1) is 10.5. The highest BCUT2D eigenvalue weighted by Crippen LogP contribution is 2.21. The molecule has 1 amide bonds. The van der Waals surface area contributed by atoms with Crippen LogP contribution in [0, 0.1) is 0 Å². The van der Waals surface area contributed by atoms with Crippen molar-refractivity contribution in [3.05, 3.63) is 40.0 Å². The van der Waals surface area contributed by atoms with Gasteiger partial charge in [-0.2, -0.15) is 0 Å². The summed E-state index contributed by atoms with van der Waals surface area (Å²) in [6.07, 6.45) is 1.41. The summed E-state index contributed by atoms with van der Waals surface area (Å²) in [6.45, 7) is 1.90. The smallest absolute Gasteiger partial charge is 0.327 e. The van der Waals surface area contributed by atoms with Crippen molar-refractivity contribution in [1.82, 2.24) is 15.0 Å². The zero-order chi connectivity index (χ0) is 16.1. The van der Waals surface area contributed by atoms with Crippen molar-refractivity contribution in [3.8, 4) is 0 Å². The highest BCUT2D eigenvalue weighted by atomic mass is 35.5. The number of halogens is 2. The van der Waals surface area contributed by atoms with Crippen LogP contribution >= 0.6 is 23.2 Å². The zero-order valence-electron chi connectivity index (χ0n) is 11.5. The Morgan fingerprint density at radius 1 is 1.36 bits per heavy atom. The highest BCUT2D eigenvalue weighted by Gasteiger charge is 2.14. The predicted octanol–water partition coefficient (Wildman–Crippen LogP) is 2.40. The van der Waals surface area contributed by atoms with Gasteiger partial charge < -0.3 is 10.1 Å². The number of ether oxygens (including phenoxy) is 1. The van der Waals surface area contributed by atoms with E-state index in [0.29, 0.717) is 5.02 Å². The van der Waals surface area contributed by atoms with Crippen molar-refractivity contribution in [2.24, 2.45) is 0 Å². The average Bonchev–Trinajstić information content (AvgIpc) is 2.88. The summed E-state index contributed by atoms with van der Waals surface area (Å²) in [6, 6.07) is 4.55. The highest BCUT2D eigenvalue weighted by molar-refractivity contribution is 6.36. The van der Waals surface area contributed by atoms with E-state index >= 15 is 0 Å². The van der Waals surface area contributed by atoms with Crippen LogP contribution in [0.3, 0.4) is 0 Å². The number of hydrogen-bond donors (Lipinski definition) is 1. The van der Waals surface area contributed by atoms with Crippen molar-refractivity contribution in [3.63, 3.8) is 0 Å². The molecule has 0 aliphatic carbocycles. The zero-order valence-corrected chi connectivity index (χ0v) is 13.1. The maximum absolute atomic E-state index is 12.1. The third kappa shape index (κ3) is 4.19. The first-order valence-corrected chi connectivity index (χ1v) is 7.07. The summed E-state index contributed by atoms with van der Waals surface area (Å²) in [5.41, 5.74) is 0.217. The van der Waals surface area contributed by atoms with Crippen molar-refractivity contribution in [1.29, 1.82) is 0 Å². The monoisotopic (exact) mass is 342 g/mol. The molecule has 0 aliphatic heterocycles. The van der Waals surface area contributed by atoms with Gasteiger partial charge in [0.2, 0.25) is 0 Å². The minimum Gasteiger partial charge on any atom is -0.465 e. The summed E-state index contributed by atoms with van der Waals surface area (Å²) < 4.78 is 6.04. The molecular formula is C13H12Cl2N4O3. The maximum atomic E-state index is 12.1. The first kappa shape index (κ1) is 16.3. The lowest BCUT2D eigenvalue weighted by atomic mass is 10.2. The first-order valence-electron chi connectivity index (χ1n) is 6.31.